The zero-order chi connectivity index (χ0) is 12.4. The van der Waals surface area contributed by atoms with Gasteiger partial charge in [-0.15, -0.1) is 0 Å². The number of aryl methyl sites for hydroxylation is 2. The van der Waals surface area contributed by atoms with E-state index in [4.69, 9.17) is 5.11 Å². The van der Waals surface area contributed by atoms with Gasteiger partial charge in [-0.25, -0.2) is 14.8 Å². The van der Waals surface area contributed by atoms with Crippen molar-refractivity contribution in [2.75, 3.05) is 0 Å². The normalized spacial score (nSPS) is 10.2. The van der Waals surface area contributed by atoms with E-state index in [1.807, 2.05) is 13.0 Å². The molecule has 1 N–H and O–H groups in total. The minimum Gasteiger partial charge on any atom is -0.478 e. The third kappa shape index (κ3) is 2.13. The van der Waals surface area contributed by atoms with Crippen LogP contribution in [0.2, 0.25) is 0 Å². The highest BCUT2D eigenvalue weighted by molar-refractivity contribution is 5.88. The van der Waals surface area contributed by atoms with Crippen molar-refractivity contribution in [1.82, 2.24) is 15.0 Å². The van der Waals surface area contributed by atoms with Crippen molar-refractivity contribution in [2.45, 2.75) is 13.8 Å². The van der Waals surface area contributed by atoms with Crippen LogP contribution >= 0.6 is 0 Å². The number of hydrogen-bond donors (Lipinski definition) is 1. The summed E-state index contributed by atoms with van der Waals surface area (Å²) in [5.74, 6) is -0.518. The van der Waals surface area contributed by atoms with Gasteiger partial charge < -0.3 is 5.11 Å². The summed E-state index contributed by atoms with van der Waals surface area (Å²) in [7, 11) is 0. The molecule has 0 saturated heterocycles. The lowest BCUT2D eigenvalue weighted by Crippen LogP contribution is -2.04. The lowest BCUT2D eigenvalue weighted by atomic mass is 10.1. The Bertz CT molecular complexity index is 582. The van der Waals surface area contributed by atoms with Gasteiger partial charge in [0, 0.05) is 24.2 Å². The first-order valence-corrected chi connectivity index (χ1v) is 5.07. The molecule has 0 aliphatic heterocycles. The predicted molar refractivity (Wildman–Crippen MR) is 61.7 cm³/mol. The number of aromatic nitrogens is 3. The number of nitrogens with zero attached hydrogens (tertiary/aromatic N) is 3. The maximum Gasteiger partial charge on any atom is 0.339 e. The molecular formula is C12H11N3O2. The number of hydrogen-bond acceptors (Lipinski definition) is 4. The molecule has 0 fully saturated rings. The number of aromatic carboxylic acids is 1. The van der Waals surface area contributed by atoms with E-state index in [9.17, 15) is 4.79 Å². The van der Waals surface area contributed by atoms with Crippen molar-refractivity contribution in [2.24, 2.45) is 0 Å². The quantitative estimate of drug-likeness (QED) is 0.850. The molecule has 2 heterocycles. The molecule has 86 valence electrons. The van der Waals surface area contributed by atoms with E-state index in [1.54, 1.807) is 19.3 Å². The standard InChI is InChI=1S/C12H11N3O2/c1-7-3-4-13-5-9(7)11-14-6-10(12(16)17)8(2)15-11/h3-6H,1-2H3,(H,16,17). The maximum atomic E-state index is 10.8. The van der Waals surface area contributed by atoms with E-state index >= 15 is 0 Å². The highest BCUT2D eigenvalue weighted by Gasteiger charge is 2.11. The van der Waals surface area contributed by atoms with Crippen LogP contribution in [0.5, 0.6) is 0 Å². The third-order valence-electron chi connectivity index (χ3n) is 2.49. The molecule has 2 aromatic rings. The zero-order valence-electron chi connectivity index (χ0n) is 9.51. The molecule has 0 amide bonds. The molecule has 5 heteroatoms. The van der Waals surface area contributed by atoms with Crippen LogP contribution in [0.3, 0.4) is 0 Å². The lowest BCUT2D eigenvalue weighted by molar-refractivity contribution is 0.0695. The van der Waals surface area contributed by atoms with Crippen molar-refractivity contribution >= 4 is 5.97 Å². The Balaban J connectivity index is 2.52. The van der Waals surface area contributed by atoms with E-state index in [2.05, 4.69) is 15.0 Å². The number of rotatable bonds is 2. The highest BCUT2D eigenvalue weighted by atomic mass is 16.4. The SMILES string of the molecule is Cc1ccncc1-c1ncc(C(=O)O)c(C)n1. The van der Waals surface area contributed by atoms with Crippen LogP contribution in [0.4, 0.5) is 0 Å². The fourth-order valence-corrected chi connectivity index (χ4v) is 1.50. The molecule has 2 aromatic heterocycles. The molecule has 5 nitrogen and oxygen atoms in total. The van der Waals surface area contributed by atoms with Crippen molar-refractivity contribution in [3.8, 4) is 11.4 Å². The minimum atomic E-state index is -1.02. The van der Waals surface area contributed by atoms with Crippen molar-refractivity contribution in [3.05, 3.63) is 41.5 Å². The molecule has 0 spiro atoms. The summed E-state index contributed by atoms with van der Waals surface area (Å²) in [6.07, 6.45) is 4.69. The number of carbonyl (C=O) groups is 1. The van der Waals surface area contributed by atoms with Gasteiger partial charge in [0.2, 0.25) is 0 Å². The Labute approximate surface area is 98.2 Å². The Morgan fingerprint density at radius 3 is 2.65 bits per heavy atom. The topological polar surface area (TPSA) is 76.0 Å². The molecule has 0 bridgehead atoms. The van der Waals surface area contributed by atoms with Crippen LogP contribution in [-0.4, -0.2) is 26.0 Å². The smallest absolute Gasteiger partial charge is 0.339 e. The van der Waals surface area contributed by atoms with Gasteiger partial charge in [-0.05, 0) is 25.5 Å². The van der Waals surface area contributed by atoms with Crippen LogP contribution in [0.15, 0.2) is 24.7 Å². The second kappa shape index (κ2) is 4.29. The van der Waals surface area contributed by atoms with Crippen LogP contribution in [0, 0.1) is 13.8 Å². The van der Waals surface area contributed by atoms with Gasteiger partial charge in [-0.2, -0.15) is 0 Å². The van der Waals surface area contributed by atoms with Gasteiger partial charge in [0.1, 0.15) is 0 Å². The molecule has 0 radical (unpaired) electrons. The lowest BCUT2D eigenvalue weighted by Gasteiger charge is -2.05. The molecule has 0 atom stereocenters. The van der Waals surface area contributed by atoms with E-state index in [0.29, 0.717) is 11.5 Å². The van der Waals surface area contributed by atoms with Crippen LogP contribution in [0.25, 0.3) is 11.4 Å². The van der Waals surface area contributed by atoms with Crippen LogP contribution in [-0.2, 0) is 0 Å². The minimum absolute atomic E-state index is 0.121. The Morgan fingerprint density at radius 2 is 2.06 bits per heavy atom. The summed E-state index contributed by atoms with van der Waals surface area (Å²) < 4.78 is 0. The average molecular weight is 229 g/mol. The molecule has 0 aliphatic rings. The summed E-state index contributed by atoms with van der Waals surface area (Å²) in [6, 6.07) is 1.86. The Kier molecular flexibility index (Phi) is 2.82. The molecule has 0 saturated carbocycles. The third-order valence-corrected chi connectivity index (χ3v) is 2.49. The summed E-state index contributed by atoms with van der Waals surface area (Å²) in [4.78, 5) is 23.1. The van der Waals surface area contributed by atoms with E-state index in [0.717, 1.165) is 11.1 Å². The van der Waals surface area contributed by atoms with E-state index in [-0.39, 0.29) is 5.56 Å². The van der Waals surface area contributed by atoms with Gasteiger partial charge in [0.05, 0.1) is 11.3 Å². The number of carboxylic acids is 1. The molecule has 2 rings (SSSR count). The van der Waals surface area contributed by atoms with Gasteiger partial charge in [-0.3, -0.25) is 4.98 Å². The zero-order valence-corrected chi connectivity index (χ0v) is 9.51. The van der Waals surface area contributed by atoms with E-state index in [1.165, 1.54) is 6.20 Å². The first-order chi connectivity index (χ1) is 8.09. The fraction of sp³-hybridized carbons (Fsp3) is 0.167. The number of carboxylic acid groups (broad SMARTS) is 1. The van der Waals surface area contributed by atoms with E-state index < -0.39 is 5.97 Å². The average Bonchev–Trinajstić information content (AvgIpc) is 2.29. The van der Waals surface area contributed by atoms with Crippen molar-refractivity contribution < 1.29 is 9.90 Å². The van der Waals surface area contributed by atoms with Gasteiger partial charge >= 0.3 is 5.97 Å². The monoisotopic (exact) mass is 229 g/mol. The molecule has 0 aromatic carbocycles. The largest absolute Gasteiger partial charge is 0.478 e. The Morgan fingerprint density at radius 1 is 1.29 bits per heavy atom. The summed E-state index contributed by atoms with van der Waals surface area (Å²) >= 11 is 0. The summed E-state index contributed by atoms with van der Waals surface area (Å²) in [6.45, 7) is 3.58. The molecule has 0 unspecified atom stereocenters. The summed E-state index contributed by atoms with van der Waals surface area (Å²) in [5.41, 5.74) is 2.39. The molecule has 17 heavy (non-hydrogen) atoms. The molecule has 0 aliphatic carbocycles. The second-order valence-electron chi connectivity index (χ2n) is 3.69. The van der Waals surface area contributed by atoms with Gasteiger partial charge in [0.15, 0.2) is 5.82 Å². The van der Waals surface area contributed by atoms with Crippen molar-refractivity contribution in [3.63, 3.8) is 0 Å². The van der Waals surface area contributed by atoms with Crippen LogP contribution in [0.1, 0.15) is 21.6 Å². The highest BCUT2D eigenvalue weighted by Crippen LogP contribution is 2.18. The van der Waals surface area contributed by atoms with Gasteiger partial charge in [0.25, 0.3) is 0 Å². The number of pyridine rings is 1. The first kappa shape index (κ1) is 11.2. The van der Waals surface area contributed by atoms with Gasteiger partial charge in [-0.1, -0.05) is 0 Å². The Hall–Kier alpha value is -2.30. The molecular weight excluding hydrogens is 218 g/mol. The first-order valence-electron chi connectivity index (χ1n) is 5.07. The fourth-order valence-electron chi connectivity index (χ4n) is 1.50. The predicted octanol–water partition coefficient (Wildman–Crippen LogP) is 1.85. The van der Waals surface area contributed by atoms with Crippen molar-refractivity contribution in [1.29, 1.82) is 0 Å². The summed E-state index contributed by atoms with van der Waals surface area (Å²) in [5, 5.41) is 8.89. The maximum absolute atomic E-state index is 10.8. The van der Waals surface area contributed by atoms with Crippen LogP contribution < -0.4 is 0 Å². The second-order valence-corrected chi connectivity index (χ2v) is 3.69.